The number of carbonyl (C=O) groups excluding carboxylic acids is 2. The minimum Gasteiger partial charge on any atom is -0.478 e. The number of allylic oxidation sites excluding steroid dienone is 1. The second-order valence-corrected chi connectivity index (χ2v) is 16.4. The predicted octanol–water partition coefficient (Wildman–Crippen LogP) is 8.91. The molecule has 0 aromatic heterocycles. The lowest BCUT2D eigenvalue weighted by Crippen LogP contribution is -2.28. The number of hydrogen-bond donors (Lipinski definition) is 4. The molecule has 5 aromatic carbocycles. The maximum atomic E-state index is 11.7. The molecule has 0 spiro atoms. The highest BCUT2D eigenvalue weighted by Gasteiger charge is 2.21. The monoisotopic (exact) mass is 839 g/mol. The number of nitrogens with two attached hydrogens (primary N) is 2. The molecule has 5 aliphatic carbocycles. The molecular weight excluding hydrogens is 783 g/mol. The molecule has 2 atom stereocenters. The van der Waals surface area contributed by atoms with Gasteiger partial charge in [-0.25, -0.2) is 4.79 Å². The van der Waals surface area contributed by atoms with Gasteiger partial charge in [0.1, 0.15) is 6.73 Å². The fourth-order valence-corrected chi connectivity index (χ4v) is 7.85. The first kappa shape index (κ1) is 45.8. The van der Waals surface area contributed by atoms with Crippen LogP contribution in [0, 0.1) is 0 Å². The minimum atomic E-state index is -0.814. The predicted molar refractivity (Wildman–Crippen MR) is 256 cm³/mol. The zero-order valence-electron chi connectivity index (χ0n) is 36.6. The summed E-state index contributed by atoms with van der Waals surface area (Å²) in [5.74, 6) is -0.730. The number of aliphatic hydroxyl groups is 1. The molecule has 322 valence electrons. The topological polar surface area (TPSA) is 147 Å². The molecular formula is C55H57N3O5. The Bertz CT molecular complexity index is 2500. The fraction of sp³-hybridized carbons (Fsp3) is 0.218. The number of nitrogens with zero attached hydrogens (tertiary/aromatic N) is 1. The molecule has 0 aliphatic heterocycles. The number of aliphatic hydroxyl groups excluding tert-OH is 1. The molecule has 8 heteroatoms. The van der Waals surface area contributed by atoms with E-state index in [4.69, 9.17) is 21.7 Å². The second-order valence-electron chi connectivity index (χ2n) is 16.4. The van der Waals surface area contributed by atoms with Crippen LogP contribution in [-0.2, 0) is 46.5 Å². The lowest BCUT2D eigenvalue weighted by atomic mass is 10.1. The van der Waals surface area contributed by atoms with Crippen LogP contribution < -0.4 is 11.5 Å². The van der Waals surface area contributed by atoms with E-state index in [2.05, 4.69) is 66.7 Å². The number of aliphatic carboxylic acids is 1. The summed E-state index contributed by atoms with van der Waals surface area (Å²) in [4.78, 5) is 34.7. The zero-order valence-corrected chi connectivity index (χ0v) is 36.6. The molecule has 0 bridgehead atoms. The van der Waals surface area contributed by atoms with Gasteiger partial charge in [-0.1, -0.05) is 133 Å². The van der Waals surface area contributed by atoms with Crippen LogP contribution in [0.1, 0.15) is 76.4 Å². The zero-order chi connectivity index (χ0) is 45.0. The van der Waals surface area contributed by atoms with Crippen LogP contribution in [0.3, 0.4) is 0 Å². The molecule has 10 rings (SSSR count). The first-order valence-corrected chi connectivity index (χ1v) is 21.3. The average Bonchev–Trinajstić information content (AvgIpc) is 4.14. The summed E-state index contributed by atoms with van der Waals surface area (Å²) >= 11 is 0. The van der Waals surface area contributed by atoms with Crippen molar-refractivity contribution in [1.29, 1.82) is 0 Å². The number of benzene rings is 5. The summed E-state index contributed by atoms with van der Waals surface area (Å²) in [5, 5.41) is 17.6. The highest BCUT2D eigenvalue weighted by molar-refractivity contribution is 6.01. The first-order valence-electron chi connectivity index (χ1n) is 21.3. The van der Waals surface area contributed by atoms with E-state index in [1.54, 1.807) is 20.0 Å². The van der Waals surface area contributed by atoms with Crippen LogP contribution >= 0.6 is 0 Å². The maximum Gasteiger partial charge on any atom is 0.331 e. The molecule has 0 heterocycles. The Kier molecular flexibility index (Phi) is 15.6. The summed E-state index contributed by atoms with van der Waals surface area (Å²) < 4.78 is 0. The lowest BCUT2D eigenvalue weighted by molar-refractivity contribution is -0.132. The number of amides is 1. The van der Waals surface area contributed by atoms with Gasteiger partial charge in [-0.05, 0) is 124 Å². The van der Waals surface area contributed by atoms with E-state index in [0.717, 1.165) is 47.1 Å². The molecule has 5 aliphatic rings. The average molecular weight is 840 g/mol. The van der Waals surface area contributed by atoms with Crippen molar-refractivity contribution < 1.29 is 24.6 Å². The van der Waals surface area contributed by atoms with Gasteiger partial charge >= 0.3 is 5.97 Å². The summed E-state index contributed by atoms with van der Waals surface area (Å²) in [6, 6.07) is 41.1. The van der Waals surface area contributed by atoms with Crippen LogP contribution in [0.15, 0.2) is 149 Å². The third-order valence-corrected chi connectivity index (χ3v) is 11.6. The van der Waals surface area contributed by atoms with Gasteiger partial charge in [0.15, 0.2) is 5.78 Å². The van der Waals surface area contributed by atoms with Crippen LogP contribution in [0.25, 0.3) is 30.4 Å². The van der Waals surface area contributed by atoms with Gasteiger partial charge in [0.25, 0.3) is 5.91 Å². The third-order valence-electron chi connectivity index (χ3n) is 11.6. The highest BCUT2D eigenvalue weighted by atomic mass is 16.4. The number of Topliss-reactive ketones (excluding diaryl/α,β-unsaturated/α-hetero) is 1. The van der Waals surface area contributed by atoms with E-state index in [9.17, 15) is 14.4 Å². The quantitative estimate of drug-likeness (QED) is 0.125. The van der Waals surface area contributed by atoms with Gasteiger partial charge in [0, 0.05) is 49.5 Å². The normalized spacial score (nSPS) is 14.9. The summed E-state index contributed by atoms with van der Waals surface area (Å²) in [7, 11) is 1.59. The summed E-state index contributed by atoms with van der Waals surface area (Å²) in [6.45, 7) is 5.46. The maximum absolute atomic E-state index is 11.7. The Morgan fingerprint density at radius 1 is 0.508 bits per heavy atom. The van der Waals surface area contributed by atoms with Crippen molar-refractivity contribution in [3.8, 4) is 0 Å². The number of carbonyl (C=O) groups is 3. The van der Waals surface area contributed by atoms with Gasteiger partial charge in [0.2, 0.25) is 0 Å². The third kappa shape index (κ3) is 12.0. The van der Waals surface area contributed by atoms with E-state index in [1.807, 2.05) is 92.7 Å². The molecule has 8 nitrogen and oxygen atoms in total. The van der Waals surface area contributed by atoms with Crippen LogP contribution in [-0.4, -0.2) is 58.6 Å². The lowest BCUT2D eigenvalue weighted by Gasteiger charge is -2.13. The van der Waals surface area contributed by atoms with E-state index < -0.39 is 5.97 Å². The van der Waals surface area contributed by atoms with Gasteiger partial charge in [-0.3, -0.25) is 9.59 Å². The first-order chi connectivity index (χ1) is 30.3. The van der Waals surface area contributed by atoms with E-state index >= 15 is 0 Å². The molecule has 1 amide bonds. The minimum absolute atomic E-state index is 0.103. The van der Waals surface area contributed by atoms with Gasteiger partial charge < -0.3 is 26.6 Å². The molecule has 0 radical (unpaired) electrons. The van der Waals surface area contributed by atoms with Crippen molar-refractivity contribution in [2.75, 3.05) is 13.8 Å². The van der Waals surface area contributed by atoms with Crippen molar-refractivity contribution in [1.82, 2.24) is 4.90 Å². The Hall–Kier alpha value is -6.71. The van der Waals surface area contributed by atoms with Gasteiger partial charge in [0.05, 0.1) is 0 Å². The number of carboxylic acids is 1. The van der Waals surface area contributed by atoms with Crippen molar-refractivity contribution in [3.63, 3.8) is 0 Å². The number of rotatable bonds is 6. The molecule has 0 saturated carbocycles. The second kappa shape index (κ2) is 21.4. The Morgan fingerprint density at radius 3 is 1.13 bits per heavy atom. The van der Waals surface area contributed by atoms with Crippen molar-refractivity contribution in [2.24, 2.45) is 11.5 Å². The Labute approximate surface area is 371 Å². The van der Waals surface area contributed by atoms with Crippen LogP contribution in [0.4, 0.5) is 0 Å². The SMILES string of the molecule is CC(=O)C1=Cc2ccccc2C1.CC(N)C1=Cc2ccccc2C1.CC(N)C1=Cc2ccccc2C1.CN(CO)C(=O)C1=Cc2ccccc2C1.O=C(O)C1=Cc2ccccc2C1. The molecule has 63 heavy (non-hydrogen) atoms. The number of carboxylic acid groups (broad SMARTS) is 1. The fourth-order valence-electron chi connectivity index (χ4n) is 7.85. The van der Waals surface area contributed by atoms with Crippen molar-refractivity contribution >= 4 is 48.0 Å². The molecule has 0 saturated heterocycles. The number of hydrogen-bond acceptors (Lipinski definition) is 6. The van der Waals surface area contributed by atoms with Crippen molar-refractivity contribution in [3.05, 3.63) is 205 Å². The summed E-state index contributed by atoms with van der Waals surface area (Å²) in [5.41, 5.74) is 28.8. The van der Waals surface area contributed by atoms with E-state index in [0.29, 0.717) is 18.4 Å². The largest absolute Gasteiger partial charge is 0.478 e. The van der Waals surface area contributed by atoms with Crippen molar-refractivity contribution in [2.45, 2.75) is 65.0 Å². The van der Waals surface area contributed by atoms with Gasteiger partial charge in [-0.15, -0.1) is 0 Å². The molecule has 6 N–H and O–H groups in total. The molecule has 0 fully saturated rings. The summed E-state index contributed by atoms with van der Waals surface area (Å²) in [6.07, 6.45) is 14.1. The number of ketones is 1. The highest BCUT2D eigenvalue weighted by Crippen LogP contribution is 2.29. The number of likely N-dealkylation sites (N-methyl/N-ethyl adjacent to an activating group) is 1. The van der Waals surface area contributed by atoms with E-state index in [1.165, 1.54) is 55.0 Å². The van der Waals surface area contributed by atoms with Crippen LogP contribution in [0.5, 0.6) is 0 Å². The number of fused-ring (bicyclic) bond motifs is 5. The molecule has 5 aromatic rings. The molecule has 2 unspecified atom stereocenters. The standard InChI is InChI=1S/C12H13NO2.2C11H13N.C11H10O.C10H8O2/c1-13(8-14)12(15)11-6-9-4-2-3-5-10(9)7-11;3*1-8(12)11-6-9-4-2-3-5-10(9)7-11;11-10(12)9-5-7-3-1-2-4-8(7)6-9/h2-6,14H,7-8H2,1H3;2*2-6,8H,7,12H2,1H3;2-6H,7H2,1H3;1-5H,6H2,(H,11,12). The van der Waals surface area contributed by atoms with Crippen LogP contribution in [0.2, 0.25) is 0 Å². The van der Waals surface area contributed by atoms with E-state index in [-0.39, 0.29) is 30.5 Å². The Balaban J connectivity index is 0.000000131. The Morgan fingerprint density at radius 2 is 0.810 bits per heavy atom. The van der Waals surface area contributed by atoms with Gasteiger partial charge in [-0.2, -0.15) is 0 Å². The smallest absolute Gasteiger partial charge is 0.331 e.